The van der Waals surface area contributed by atoms with Crippen molar-refractivity contribution >= 4 is 6.29 Å². The Bertz CT molecular complexity index is 603. The summed E-state index contributed by atoms with van der Waals surface area (Å²) in [4.78, 5) is 14.3. The van der Waals surface area contributed by atoms with Crippen molar-refractivity contribution in [1.29, 1.82) is 0 Å². The maximum Gasteiger partial charge on any atom is 0.433 e. The van der Waals surface area contributed by atoms with Crippen LogP contribution in [0.2, 0.25) is 0 Å². The van der Waals surface area contributed by atoms with Crippen LogP contribution in [0, 0.1) is 6.92 Å². The van der Waals surface area contributed by atoms with Gasteiger partial charge in [-0.1, -0.05) is 29.8 Å². The smallest absolute Gasteiger partial charge is 0.298 e. The normalized spacial score (nSPS) is 11.4. The second-order valence-corrected chi connectivity index (χ2v) is 4.14. The molecule has 5 heteroatoms. The highest BCUT2D eigenvalue weighted by Gasteiger charge is 2.32. The van der Waals surface area contributed by atoms with E-state index in [2.05, 4.69) is 4.98 Å². The maximum atomic E-state index is 12.4. The highest BCUT2D eigenvalue weighted by Crippen LogP contribution is 2.30. The third-order valence-electron chi connectivity index (χ3n) is 2.70. The van der Waals surface area contributed by atoms with E-state index in [9.17, 15) is 18.0 Å². The summed E-state index contributed by atoms with van der Waals surface area (Å²) in [5, 5.41) is 0. The van der Waals surface area contributed by atoms with Crippen LogP contribution in [0.3, 0.4) is 0 Å². The highest BCUT2D eigenvalue weighted by molar-refractivity contribution is 5.87. The Morgan fingerprint density at radius 2 is 1.89 bits per heavy atom. The minimum atomic E-state index is -4.46. The Morgan fingerprint density at radius 1 is 1.16 bits per heavy atom. The molecule has 0 aliphatic heterocycles. The van der Waals surface area contributed by atoms with Crippen molar-refractivity contribution in [2.75, 3.05) is 0 Å². The van der Waals surface area contributed by atoms with Gasteiger partial charge in [0, 0.05) is 17.3 Å². The molecule has 0 amide bonds. The van der Waals surface area contributed by atoms with Gasteiger partial charge in [-0.3, -0.25) is 9.78 Å². The SMILES string of the molecule is Cc1ccc(C=O)c(-c2ccc(C(F)(F)F)nc2)c1. The predicted molar refractivity (Wildman–Crippen MR) is 64.8 cm³/mol. The number of rotatable bonds is 2. The number of nitrogens with zero attached hydrogens (tertiary/aromatic N) is 1. The molecule has 0 fully saturated rings. The van der Waals surface area contributed by atoms with E-state index in [1.165, 1.54) is 6.07 Å². The number of aldehydes is 1. The van der Waals surface area contributed by atoms with E-state index in [1.807, 2.05) is 6.92 Å². The lowest BCUT2D eigenvalue weighted by Crippen LogP contribution is -2.07. The summed E-state index contributed by atoms with van der Waals surface area (Å²) in [5.74, 6) is 0. The van der Waals surface area contributed by atoms with E-state index < -0.39 is 11.9 Å². The number of hydrogen-bond acceptors (Lipinski definition) is 2. The van der Waals surface area contributed by atoms with Gasteiger partial charge in [-0.15, -0.1) is 0 Å². The van der Waals surface area contributed by atoms with Crippen molar-refractivity contribution < 1.29 is 18.0 Å². The number of aryl methyl sites for hydroxylation is 1. The number of aromatic nitrogens is 1. The molecular weight excluding hydrogens is 255 g/mol. The minimum absolute atomic E-state index is 0.423. The van der Waals surface area contributed by atoms with Gasteiger partial charge in [0.15, 0.2) is 6.29 Å². The van der Waals surface area contributed by atoms with Crippen LogP contribution in [0.5, 0.6) is 0 Å². The number of alkyl halides is 3. The van der Waals surface area contributed by atoms with Crippen LogP contribution < -0.4 is 0 Å². The summed E-state index contributed by atoms with van der Waals surface area (Å²) in [6.07, 6.45) is -2.66. The first-order chi connectivity index (χ1) is 8.91. The average molecular weight is 265 g/mol. The van der Waals surface area contributed by atoms with Crippen LogP contribution in [0.4, 0.5) is 13.2 Å². The fourth-order valence-electron chi connectivity index (χ4n) is 1.74. The zero-order valence-corrected chi connectivity index (χ0v) is 10.0. The first-order valence-electron chi connectivity index (χ1n) is 5.51. The van der Waals surface area contributed by atoms with Crippen molar-refractivity contribution in [3.8, 4) is 11.1 Å². The predicted octanol–water partition coefficient (Wildman–Crippen LogP) is 3.89. The monoisotopic (exact) mass is 265 g/mol. The van der Waals surface area contributed by atoms with Crippen LogP contribution in [0.25, 0.3) is 11.1 Å². The number of halogens is 3. The lowest BCUT2D eigenvalue weighted by atomic mass is 9.99. The largest absolute Gasteiger partial charge is 0.433 e. The minimum Gasteiger partial charge on any atom is -0.298 e. The molecule has 2 aromatic rings. The van der Waals surface area contributed by atoms with Crippen molar-refractivity contribution in [1.82, 2.24) is 4.98 Å². The van der Waals surface area contributed by atoms with Gasteiger partial charge < -0.3 is 0 Å². The summed E-state index contributed by atoms with van der Waals surface area (Å²) in [6, 6.07) is 7.37. The first kappa shape index (κ1) is 13.3. The van der Waals surface area contributed by atoms with E-state index in [0.717, 1.165) is 17.8 Å². The number of hydrogen-bond donors (Lipinski definition) is 0. The van der Waals surface area contributed by atoms with Crippen LogP contribution in [-0.4, -0.2) is 11.3 Å². The second kappa shape index (κ2) is 4.84. The lowest BCUT2D eigenvalue weighted by Gasteiger charge is -2.09. The van der Waals surface area contributed by atoms with Gasteiger partial charge in [-0.05, 0) is 18.6 Å². The number of benzene rings is 1. The van der Waals surface area contributed by atoms with Crippen molar-refractivity contribution in [3.05, 3.63) is 53.3 Å². The lowest BCUT2D eigenvalue weighted by molar-refractivity contribution is -0.141. The van der Waals surface area contributed by atoms with Gasteiger partial charge in [0.05, 0.1) is 0 Å². The van der Waals surface area contributed by atoms with Gasteiger partial charge in [0.1, 0.15) is 5.69 Å². The first-order valence-corrected chi connectivity index (χ1v) is 5.51. The molecule has 0 saturated carbocycles. The van der Waals surface area contributed by atoms with Crippen molar-refractivity contribution in [2.45, 2.75) is 13.1 Å². The molecule has 98 valence electrons. The zero-order chi connectivity index (χ0) is 14.0. The fourth-order valence-corrected chi connectivity index (χ4v) is 1.74. The Balaban J connectivity index is 2.48. The summed E-state index contributed by atoms with van der Waals surface area (Å²) >= 11 is 0. The van der Waals surface area contributed by atoms with Gasteiger partial charge in [-0.2, -0.15) is 13.2 Å². The Hall–Kier alpha value is -2.17. The molecule has 0 atom stereocenters. The second-order valence-electron chi connectivity index (χ2n) is 4.14. The number of pyridine rings is 1. The Labute approximate surface area is 107 Å². The van der Waals surface area contributed by atoms with E-state index in [0.29, 0.717) is 23.0 Å². The molecule has 1 aromatic carbocycles. The molecule has 19 heavy (non-hydrogen) atoms. The van der Waals surface area contributed by atoms with E-state index in [4.69, 9.17) is 0 Å². The van der Waals surface area contributed by atoms with Crippen LogP contribution >= 0.6 is 0 Å². The van der Waals surface area contributed by atoms with E-state index in [-0.39, 0.29) is 0 Å². The molecule has 0 saturated heterocycles. The van der Waals surface area contributed by atoms with Crippen LogP contribution in [0.1, 0.15) is 21.6 Å². The van der Waals surface area contributed by atoms with Crippen molar-refractivity contribution in [2.24, 2.45) is 0 Å². The van der Waals surface area contributed by atoms with Gasteiger partial charge in [-0.25, -0.2) is 0 Å². The van der Waals surface area contributed by atoms with Gasteiger partial charge in [0.2, 0.25) is 0 Å². The molecule has 0 radical (unpaired) electrons. The molecule has 0 spiro atoms. The third kappa shape index (κ3) is 2.81. The van der Waals surface area contributed by atoms with Gasteiger partial charge >= 0.3 is 6.18 Å². The van der Waals surface area contributed by atoms with Crippen molar-refractivity contribution in [3.63, 3.8) is 0 Å². The number of carbonyl (C=O) groups excluding carboxylic acids is 1. The summed E-state index contributed by atoms with van der Waals surface area (Å²) < 4.78 is 37.2. The maximum absolute atomic E-state index is 12.4. The van der Waals surface area contributed by atoms with Crippen LogP contribution in [-0.2, 0) is 6.18 Å². The third-order valence-corrected chi connectivity index (χ3v) is 2.70. The highest BCUT2D eigenvalue weighted by atomic mass is 19.4. The van der Waals surface area contributed by atoms with E-state index >= 15 is 0 Å². The Morgan fingerprint density at radius 3 is 2.42 bits per heavy atom. The van der Waals surface area contributed by atoms with E-state index in [1.54, 1.807) is 18.2 Å². The molecular formula is C14H10F3NO. The summed E-state index contributed by atoms with van der Waals surface area (Å²) in [5.41, 5.74) is 1.46. The average Bonchev–Trinajstić information content (AvgIpc) is 2.38. The number of carbonyl (C=O) groups is 1. The zero-order valence-electron chi connectivity index (χ0n) is 10.0. The molecule has 0 unspecified atom stereocenters. The van der Waals surface area contributed by atoms with Crippen LogP contribution in [0.15, 0.2) is 36.5 Å². The molecule has 1 aromatic heterocycles. The molecule has 1 heterocycles. The molecule has 2 nitrogen and oxygen atoms in total. The molecule has 2 rings (SSSR count). The standard InChI is InChI=1S/C14H10F3NO/c1-9-2-3-11(8-19)12(6-9)10-4-5-13(18-7-10)14(15,16)17/h2-8H,1H3. The molecule has 0 N–H and O–H groups in total. The Kier molecular flexibility index (Phi) is 3.38. The molecule has 0 bridgehead atoms. The summed E-state index contributed by atoms with van der Waals surface area (Å²) in [7, 11) is 0. The quantitative estimate of drug-likeness (QED) is 0.771. The molecule has 0 aliphatic carbocycles. The van der Waals surface area contributed by atoms with Gasteiger partial charge in [0.25, 0.3) is 0 Å². The topological polar surface area (TPSA) is 30.0 Å². The molecule has 0 aliphatic rings. The summed E-state index contributed by atoms with van der Waals surface area (Å²) in [6.45, 7) is 1.84. The fraction of sp³-hybridized carbons (Fsp3) is 0.143.